The average Bonchev–Trinajstić information content (AvgIpc) is 2.86. The summed E-state index contributed by atoms with van der Waals surface area (Å²) in [6, 6.07) is 7.93. The zero-order valence-electron chi connectivity index (χ0n) is 10.7. The molecule has 0 unspecified atom stereocenters. The zero-order valence-corrected chi connectivity index (χ0v) is 10.7. The van der Waals surface area contributed by atoms with Crippen molar-refractivity contribution in [3.63, 3.8) is 0 Å². The number of nitrogens with one attached hydrogen (secondary N) is 3. The lowest BCUT2D eigenvalue weighted by molar-refractivity contribution is 0.879. The van der Waals surface area contributed by atoms with Crippen LogP contribution in [0.25, 0.3) is 10.9 Å². The third-order valence-electron chi connectivity index (χ3n) is 2.87. The third-order valence-corrected chi connectivity index (χ3v) is 2.87. The molecule has 0 amide bonds. The molecule has 7 heteroatoms. The summed E-state index contributed by atoms with van der Waals surface area (Å²) in [5, 5.41) is 11.2. The molecule has 100 valence electrons. The van der Waals surface area contributed by atoms with E-state index < -0.39 is 5.69 Å². The average molecular weight is 268 g/mol. The standard InChI is InChI=1S/C13H12N6O/c1-8-12(16-13(20)19-17-8)18-15-7-9-6-14-11-5-3-2-4-10(9)11/h2-7,14H,1H3,(H2,16,18,19,20). The summed E-state index contributed by atoms with van der Waals surface area (Å²) < 4.78 is 0. The van der Waals surface area contributed by atoms with E-state index in [1.54, 1.807) is 13.1 Å². The van der Waals surface area contributed by atoms with Crippen molar-refractivity contribution in [1.82, 2.24) is 20.2 Å². The van der Waals surface area contributed by atoms with Crippen LogP contribution in [0.3, 0.4) is 0 Å². The summed E-state index contributed by atoms with van der Waals surface area (Å²) >= 11 is 0. The molecule has 0 bridgehead atoms. The lowest BCUT2D eigenvalue weighted by atomic mass is 10.2. The summed E-state index contributed by atoms with van der Waals surface area (Å²) in [5.41, 5.74) is 4.77. The second-order valence-corrected chi connectivity index (χ2v) is 4.23. The highest BCUT2D eigenvalue weighted by molar-refractivity contribution is 5.99. The molecule has 0 fully saturated rings. The van der Waals surface area contributed by atoms with E-state index in [2.05, 4.69) is 30.7 Å². The number of hydrazone groups is 1. The van der Waals surface area contributed by atoms with Gasteiger partial charge in [-0.05, 0) is 13.0 Å². The highest BCUT2D eigenvalue weighted by Gasteiger charge is 2.02. The second kappa shape index (κ2) is 4.96. The number of anilines is 1. The summed E-state index contributed by atoms with van der Waals surface area (Å²) in [6.07, 6.45) is 3.54. The van der Waals surface area contributed by atoms with Crippen molar-refractivity contribution in [1.29, 1.82) is 0 Å². The van der Waals surface area contributed by atoms with Gasteiger partial charge in [-0.15, -0.1) is 0 Å². The molecule has 3 N–H and O–H groups in total. The molecular weight excluding hydrogens is 256 g/mol. The minimum atomic E-state index is -0.514. The molecule has 0 radical (unpaired) electrons. The molecule has 0 aliphatic heterocycles. The first-order chi connectivity index (χ1) is 9.74. The first-order valence-corrected chi connectivity index (χ1v) is 6.02. The number of aromatic nitrogens is 4. The SMILES string of the molecule is Cc1n[nH]c(=O)nc1NN=Cc1c[nH]c2ccccc12. The minimum Gasteiger partial charge on any atom is -0.361 e. The van der Waals surface area contributed by atoms with Crippen molar-refractivity contribution in [3.8, 4) is 0 Å². The van der Waals surface area contributed by atoms with E-state index in [1.807, 2.05) is 30.5 Å². The Morgan fingerprint density at radius 2 is 2.20 bits per heavy atom. The Bertz CT molecular complexity index is 832. The van der Waals surface area contributed by atoms with Gasteiger partial charge in [0.1, 0.15) is 5.69 Å². The maximum Gasteiger partial charge on any atom is 0.363 e. The molecule has 3 rings (SSSR count). The van der Waals surface area contributed by atoms with Gasteiger partial charge in [0.15, 0.2) is 5.82 Å². The highest BCUT2D eigenvalue weighted by atomic mass is 16.1. The molecule has 3 aromatic rings. The predicted molar refractivity (Wildman–Crippen MR) is 76.9 cm³/mol. The van der Waals surface area contributed by atoms with E-state index in [1.165, 1.54) is 0 Å². The molecule has 0 aliphatic carbocycles. The van der Waals surface area contributed by atoms with E-state index in [9.17, 15) is 4.79 Å². The van der Waals surface area contributed by atoms with E-state index in [0.29, 0.717) is 11.5 Å². The van der Waals surface area contributed by atoms with E-state index in [4.69, 9.17) is 0 Å². The number of fused-ring (bicyclic) bond motifs is 1. The fourth-order valence-corrected chi connectivity index (χ4v) is 1.86. The Morgan fingerprint density at radius 1 is 1.35 bits per heavy atom. The lowest BCUT2D eigenvalue weighted by Gasteiger charge is -2.00. The van der Waals surface area contributed by atoms with Crippen LogP contribution in [0.5, 0.6) is 0 Å². The second-order valence-electron chi connectivity index (χ2n) is 4.23. The third kappa shape index (κ3) is 2.28. The number of para-hydroxylation sites is 1. The Morgan fingerprint density at radius 3 is 3.10 bits per heavy atom. The predicted octanol–water partition coefficient (Wildman–Crippen LogP) is 1.40. The number of aromatic amines is 2. The maximum atomic E-state index is 11.1. The molecule has 2 heterocycles. The molecule has 20 heavy (non-hydrogen) atoms. The summed E-state index contributed by atoms with van der Waals surface area (Å²) in [4.78, 5) is 18.0. The first kappa shape index (κ1) is 12.1. The van der Waals surface area contributed by atoms with Gasteiger partial charge in [-0.25, -0.2) is 9.89 Å². The number of rotatable bonds is 3. The van der Waals surface area contributed by atoms with E-state index in [-0.39, 0.29) is 0 Å². The quantitative estimate of drug-likeness (QED) is 0.494. The number of aryl methyl sites for hydroxylation is 1. The van der Waals surface area contributed by atoms with Gasteiger partial charge in [0.05, 0.1) is 6.21 Å². The molecule has 2 aromatic heterocycles. The van der Waals surface area contributed by atoms with Crippen LogP contribution >= 0.6 is 0 Å². The van der Waals surface area contributed by atoms with Crippen LogP contribution in [-0.4, -0.2) is 26.4 Å². The van der Waals surface area contributed by atoms with Crippen LogP contribution in [-0.2, 0) is 0 Å². The maximum absolute atomic E-state index is 11.1. The van der Waals surface area contributed by atoms with Crippen LogP contribution < -0.4 is 11.1 Å². The Hall–Kier alpha value is -2.96. The van der Waals surface area contributed by atoms with Crippen LogP contribution in [0, 0.1) is 6.92 Å². The van der Waals surface area contributed by atoms with Crippen LogP contribution in [0.4, 0.5) is 5.82 Å². The van der Waals surface area contributed by atoms with Gasteiger partial charge >= 0.3 is 5.69 Å². The minimum absolute atomic E-state index is 0.338. The van der Waals surface area contributed by atoms with Crippen LogP contribution in [0.15, 0.2) is 40.4 Å². The van der Waals surface area contributed by atoms with E-state index >= 15 is 0 Å². The molecule has 0 saturated heterocycles. The first-order valence-electron chi connectivity index (χ1n) is 6.02. The van der Waals surface area contributed by atoms with Gasteiger partial charge in [-0.3, -0.25) is 5.43 Å². The number of nitrogens with zero attached hydrogens (tertiary/aromatic N) is 3. The Kier molecular flexibility index (Phi) is 3.00. The smallest absolute Gasteiger partial charge is 0.361 e. The van der Waals surface area contributed by atoms with Crippen LogP contribution in [0.1, 0.15) is 11.3 Å². The van der Waals surface area contributed by atoms with Crippen LogP contribution in [0.2, 0.25) is 0 Å². The normalized spacial score (nSPS) is 11.2. The fourth-order valence-electron chi connectivity index (χ4n) is 1.86. The number of hydrogen-bond acceptors (Lipinski definition) is 5. The summed E-state index contributed by atoms with van der Waals surface area (Å²) in [6.45, 7) is 1.73. The topological polar surface area (TPSA) is 98.8 Å². The summed E-state index contributed by atoms with van der Waals surface area (Å²) in [7, 11) is 0. The van der Waals surface area contributed by atoms with Crippen molar-refractivity contribution < 1.29 is 0 Å². The van der Waals surface area contributed by atoms with Gasteiger partial charge < -0.3 is 4.98 Å². The number of hydrogen-bond donors (Lipinski definition) is 3. The summed E-state index contributed by atoms with van der Waals surface area (Å²) in [5.74, 6) is 0.338. The molecule has 0 atom stereocenters. The molecule has 0 aliphatic rings. The molecule has 0 spiro atoms. The molecule has 0 saturated carbocycles. The van der Waals surface area contributed by atoms with Gasteiger partial charge in [0, 0.05) is 22.7 Å². The molecule has 7 nitrogen and oxygen atoms in total. The van der Waals surface area contributed by atoms with Crippen molar-refractivity contribution in [3.05, 3.63) is 52.2 Å². The van der Waals surface area contributed by atoms with Crippen molar-refractivity contribution in [2.75, 3.05) is 5.43 Å². The van der Waals surface area contributed by atoms with Crippen molar-refractivity contribution in [2.24, 2.45) is 5.10 Å². The number of benzene rings is 1. The molecule has 1 aromatic carbocycles. The van der Waals surface area contributed by atoms with Gasteiger partial charge in [0.25, 0.3) is 0 Å². The van der Waals surface area contributed by atoms with Crippen molar-refractivity contribution >= 4 is 22.9 Å². The fraction of sp³-hybridized carbons (Fsp3) is 0.0769. The lowest BCUT2D eigenvalue weighted by Crippen LogP contribution is -2.15. The highest BCUT2D eigenvalue weighted by Crippen LogP contribution is 2.15. The van der Waals surface area contributed by atoms with Gasteiger partial charge in [0.2, 0.25) is 0 Å². The molecular formula is C13H12N6O. The largest absolute Gasteiger partial charge is 0.363 e. The van der Waals surface area contributed by atoms with E-state index in [0.717, 1.165) is 16.5 Å². The number of H-pyrrole nitrogens is 2. The Labute approximate surface area is 113 Å². The monoisotopic (exact) mass is 268 g/mol. The van der Waals surface area contributed by atoms with Gasteiger partial charge in [-0.2, -0.15) is 15.2 Å². The van der Waals surface area contributed by atoms with Crippen molar-refractivity contribution in [2.45, 2.75) is 6.92 Å². The Balaban J connectivity index is 1.84. The van der Waals surface area contributed by atoms with Gasteiger partial charge in [-0.1, -0.05) is 18.2 Å². The zero-order chi connectivity index (χ0) is 13.9.